The smallest absolute Gasteiger partial charge is 0.409 e. The second kappa shape index (κ2) is 6.12. The number of carbonyl (C=O) groups is 2. The first kappa shape index (κ1) is 16.4. The summed E-state index contributed by atoms with van der Waals surface area (Å²) in [6, 6.07) is 16.6. The number of hydrogen-bond acceptors (Lipinski definition) is 3. The molecule has 2 fully saturated rings. The van der Waals surface area contributed by atoms with Crippen molar-refractivity contribution >= 4 is 12.1 Å². The van der Waals surface area contributed by atoms with Gasteiger partial charge in [0.2, 0.25) is 0 Å². The molecule has 2 aromatic rings. The van der Waals surface area contributed by atoms with Gasteiger partial charge >= 0.3 is 12.1 Å². The molecule has 1 aliphatic heterocycles. The summed E-state index contributed by atoms with van der Waals surface area (Å²) in [7, 11) is 0. The summed E-state index contributed by atoms with van der Waals surface area (Å²) in [5.74, 6) is -0.302. The van der Waals surface area contributed by atoms with Gasteiger partial charge in [-0.1, -0.05) is 48.5 Å². The highest BCUT2D eigenvalue weighted by Crippen LogP contribution is 2.48. The molecule has 0 bridgehead atoms. The Labute approximate surface area is 157 Å². The van der Waals surface area contributed by atoms with E-state index in [-0.39, 0.29) is 23.8 Å². The molecule has 1 N–H and O–H groups in total. The first-order chi connectivity index (χ1) is 13.1. The zero-order valence-electron chi connectivity index (χ0n) is 14.9. The molecule has 3 aliphatic rings. The molecule has 1 saturated heterocycles. The third-order valence-corrected chi connectivity index (χ3v) is 6.27. The maximum atomic E-state index is 12.4. The summed E-state index contributed by atoms with van der Waals surface area (Å²) >= 11 is 0. The molecule has 2 atom stereocenters. The van der Waals surface area contributed by atoms with Crippen molar-refractivity contribution in [3.05, 3.63) is 59.7 Å². The fourth-order valence-electron chi connectivity index (χ4n) is 4.64. The fraction of sp³-hybridized carbons (Fsp3) is 0.364. The summed E-state index contributed by atoms with van der Waals surface area (Å²) in [6.07, 6.45) is 0.457. The molecule has 1 saturated carbocycles. The van der Waals surface area contributed by atoms with Crippen LogP contribution in [0, 0.1) is 17.8 Å². The third-order valence-electron chi connectivity index (χ3n) is 6.27. The molecule has 138 valence electrons. The summed E-state index contributed by atoms with van der Waals surface area (Å²) in [4.78, 5) is 25.1. The maximum absolute atomic E-state index is 12.4. The Bertz CT molecular complexity index is 873. The normalized spacial score (nSPS) is 23.3. The van der Waals surface area contributed by atoms with Gasteiger partial charge in [-0.3, -0.25) is 4.79 Å². The summed E-state index contributed by atoms with van der Waals surface area (Å²) in [6.45, 7) is 1.56. The SMILES string of the molecule is O=C(O)C1CC1C1CN(C(=O)OCC2c3ccccc3-c3ccccc32)C1. The fourth-order valence-corrected chi connectivity index (χ4v) is 4.64. The lowest BCUT2D eigenvalue weighted by atomic mass is 9.94. The predicted octanol–water partition coefficient (Wildman–Crippen LogP) is 3.59. The highest BCUT2D eigenvalue weighted by atomic mass is 16.6. The van der Waals surface area contributed by atoms with Crippen molar-refractivity contribution in [2.45, 2.75) is 12.3 Å². The predicted molar refractivity (Wildman–Crippen MR) is 99.4 cm³/mol. The Balaban J connectivity index is 1.21. The van der Waals surface area contributed by atoms with Crippen molar-refractivity contribution < 1.29 is 19.4 Å². The summed E-state index contributed by atoms with van der Waals surface area (Å²) in [5.41, 5.74) is 4.84. The summed E-state index contributed by atoms with van der Waals surface area (Å²) in [5, 5.41) is 9.03. The van der Waals surface area contributed by atoms with E-state index in [1.807, 2.05) is 24.3 Å². The number of benzene rings is 2. The topological polar surface area (TPSA) is 66.8 Å². The van der Waals surface area contributed by atoms with Crippen LogP contribution in [0.4, 0.5) is 4.79 Å². The van der Waals surface area contributed by atoms with Crippen molar-refractivity contribution in [1.29, 1.82) is 0 Å². The molecule has 1 heterocycles. The number of carbonyl (C=O) groups excluding carboxylic acids is 1. The number of amides is 1. The molecule has 5 heteroatoms. The van der Waals surface area contributed by atoms with E-state index in [1.54, 1.807) is 4.90 Å². The monoisotopic (exact) mass is 363 g/mol. The first-order valence-electron chi connectivity index (χ1n) is 9.46. The lowest BCUT2D eigenvalue weighted by molar-refractivity contribution is -0.139. The van der Waals surface area contributed by atoms with E-state index in [0.717, 1.165) is 6.42 Å². The number of carboxylic acids is 1. The number of hydrogen-bond donors (Lipinski definition) is 1. The molecular formula is C22H21NO4. The van der Waals surface area contributed by atoms with E-state index in [2.05, 4.69) is 24.3 Å². The molecule has 0 radical (unpaired) electrons. The number of carboxylic acid groups (broad SMARTS) is 1. The van der Waals surface area contributed by atoms with Crippen molar-refractivity contribution in [1.82, 2.24) is 4.90 Å². The molecule has 5 rings (SSSR count). The zero-order chi connectivity index (χ0) is 18.5. The minimum atomic E-state index is -0.709. The Morgan fingerprint density at radius 2 is 1.59 bits per heavy atom. The third kappa shape index (κ3) is 2.69. The molecule has 0 aromatic heterocycles. The van der Waals surface area contributed by atoms with Gasteiger partial charge < -0.3 is 14.7 Å². The van der Waals surface area contributed by atoms with Crippen molar-refractivity contribution in [2.24, 2.45) is 17.8 Å². The Kier molecular flexibility index (Phi) is 3.71. The van der Waals surface area contributed by atoms with Crippen LogP contribution in [0.25, 0.3) is 11.1 Å². The van der Waals surface area contributed by atoms with Crippen molar-refractivity contribution in [3.8, 4) is 11.1 Å². The van der Waals surface area contributed by atoms with Crippen LogP contribution < -0.4 is 0 Å². The molecule has 0 spiro atoms. The Hall–Kier alpha value is -2.82. The van der Waals surface area contributed by atoms with Crippen LogP contribution in [0.5, 0.6) is 0 Å². The standard InChI is InChI=1S/C22H21NO4/c24-21(25)19-9-18(19)13-10-23(11-13)22(26)27-12-20-16-7-3-1-5-14(16)15-6-2-4-8-17(15)20/h1-8,13,18-20H,9-12H2,(H,24,25). The minimum Gasteiger partial charge on any atom is -0.481 e. The van der Waals surface area contributed by atoms with Crippen LogP contribution in [-0.2, 0) is 9.53 Å². The Morgan fingerprint density at radius 1 is 1.00 bits per heavy atom. The zero-order valence-corrected chi connectivity index (χ0v) is 14.9. The molecule has 5 nitrogen and oxygen atoms in total. The number of nitrogens with zero attached hydrogens (tertiary/aromatic N) is 1. The van der Waals surface area contributed by atoms with Gasteiger partial charge in [-0.15, -0.1) is 0 Å². The number of fused-ring (bicyclic) bond motifs is 3. The van der Waals surface area contributed by atoms with Gasteiger partial charge in [0.15, 0.2) is 0 Å². The average Bonchev–Trinajstić information content (AvgIpc) is 3.36. The summed E-state index contributed by atoms with van der Waals surface area (Å²) < 4.78 is 5.64. The minimum absolute atomic E-state index is 0.0678. The lowest BCUT2D eigenvalue weighted by Crippen LogP contribution is -2.51. The highest BCUT2D eigenvalue weighted by Gasteiger charge is 2.52. The number of aliphatic carboxylic acids is 1. The number of ether oxygens (including phenoxy) is 1. The van der Waals surface area contributed by atoms with Gasteiger partial charge in [-0.25, -0.2) is 4.79 Å². The quantitative estimate of drug-likeness (QED) is 0.901. The molecule has 1 amide bonds. The van der Waals surface area contributed by atoms with Crippen LogP contribution in [0.2, 0.25) is 0 Å². The maximum Gasteiger partial charge on any atom is 0.409 e. The molecule has 2 unspecified atom stereocenters. The van der Waals surface area contributed by atoms with E-state index in [1.165, 1.54) is 22.3 Å². The molecular weight excluding hydrogens is 342 g/mol. The highest BCUT2D eigenvalue weighted by molar-refractivity contribution is 5.79. The largest absolute Gasteiger partial charge is 0.481 e. The van der Waals surface area contributed by atoms with Crippen molar-refractivity contribution in [2.75, 3.05) is 19.7 Å². The van der Waals surface area contributed by atoms with Gasteiger partial charge in [0, 0.05) is 19.0 Å². The van der Waals surface area contributed by atoms with E-state index >= 15 is 0 Å². The lowest BCUT2D eigenvalue weighted by Gasteiger charge is -2.38. The number of likely N-dealkylation sites (tertiary alicyclic amines) is 1. The van der Waals surface area contributed by atoms with Gasteiger partial charge in [0.05, 0.1) is 5.92 Å². The van der Waals surface area contributed by atoms with E-state index < -0.39 is 5.97 Å². The first-order valence-corrected chi connectivity index (χ1v) is 9.46. The van der Waals surface area contributed by atoms with Crippen molar-refractivity contribution in [3.63, 3.8) is 0 Å². The van der Waals surface area contributed by atoms with Crippen LogP contribution in [0.3, 0.4) is 0 Å². The average molecular weight is 363 g/mol. The van der Waals surface area contributed by atoms with E-state index in [0.29, 0.717) is 25.6 Å². The second-order valence-corrected chi connectivity index (χ2v) is 7.81. The molecule has 2 aliphatic carbocycles. The Morgan fingerprint density at radius 3 is 2.15 bits per heavy atom. The van der Waals surface area contributed by atoms with Gasteiger partial charge in [0.25, 0.3) is 0 Å². The van der Waals surface area contributed by atoms with Crippen LogP contribution >= 0.6 is 0 Å². The second-order valence-electron chi connectivity index (χ2n) is 7.81. The van der Waals surface area contributed by atoms with Gasteiger partial charge in [-0.05, 0) is 40.5 Å². The van der Waals surface area contributed by atoms with E-state index in [4.69, 9.17) is 9.84 Å². The van der Waals surface area contributed by atoms with Crippen LogP contribution in [0.15, 0.2) is 48.5 Å². The van der Waals surface area contributed by atoms with Gasteiger partial charge in [-0.2, -0.15) is 0 Å². The molecule has 27 heavy (non-hydrogen) atoms. The van der Waals surface area contributed by atoms with E-state index in [9.17, 15) is 9.59 Å². The molecule has 2 aromatic carbocycles. The van der Waals surface area contributed by atoms with Crippen LogP contribution in [-0.4, -0.2) is 41.8 Å². The number of rotatable bonds is 4. The van der Waals surface area contributed by atoms with Crippen LogP contribution in [0.1, 0.15) is 23.5 Å². The van der Waals surface area contributed by atoms with Gasteiger partial charge in [0.1, 0.15) is 6.61 Å².